The average molecular weight is 358 g/mol. The summed E-state index contributed by atoms with van der Waals surface area (Å²) in [6.45, 7) is 5.95. The lowest BCUT2D eigenvalue weighted by Gasteiger charge is -2.25. The van der Waals surface area contributed by atoms with Crippen molar-refractivity contribution in [2.75, 3.05) is 33.2 Å². The van der Waals surface area contributed by atoms with E-state index in [1.54, 1.807) is 7.05 Å². The van der Waals surface area contributed by atoms with E-state index in [4.69, 9.17) is 11.5 Å². The Balaban J connectivity index is 4.42. The van der Waals surface area contributed by atoms with Crippen molar-refractivity contribution in [3.63, 3.8) is 0 Å². The third-order valence-corrected chi connectivity index (χ3v) is 3.47. The van der Waals surface area contributed by atoms with Crippen LogP contribution in [0.3, 0.4) is 0 Å². The van der Waals surface area contributed by atoms with Crippen molar-refractivity contribution in [2.45, 2.75) is 45.4 Å². The zero-order valence-corrected chi connectivity index (χ0v) is 15.7. The third-order valence-electron chi connectivity index (χ3n) is 3.47. The first-order chi connectivity index (χ1) is 12.0. The zero-order valence-electron chi connectivity index (χ0n) is 15.7. The highest BCUT2D eigenvalue weighted by Crippen LogP contribution is 2.01. The van der Waals surface area contributed by atoms with E-state index in [0.717, 1.165) is 19.4 Å². The fourth-order valence-corrected chi connectivity index (χ4v) is 2.03. The number of rotatable bonds is 14. The predicted molar refractivity (Wildman–Crippen MR) is 100 cm³/mol. The van der Waals surface area contributed by atoms with E-state index in [9.17, 15) is 9.59 Å². The van der Waals surface area contributed by atoms with Gasteiger partial charge in [0.1, 0.15) is 0 Å². The summed E-state index contributed by atoms with van der Waals surface area (Å²) in [6.07, 6.45) is 2.94. The molecule has 2 amide bonds. The van der Waals surface area contributed by atoms with E-state index >= 15 is 0 Å². The average Bonchev–Trinajstić information content (AvgIpc) is 2.59. The van der Waals surface area contributed by atoms with Crippen LogP contribution in [0.25, 0.3) is 0 Å². The van der Waals surface area contributed by atoms with E-state index < -0.39 is 6.17 Å². The minimum absolute atomic E-state index is 0.0713. The van der Waals surface area contributed by atoms with Crippen molar-refractivity contribution in [2.24, 2.45) is 11.5 Å². The van der Waals surface area contributed by atoms with Gasteiger partial charge in [-0.15, -0.1) is 0 Å². The molecule has 0 spiro atoms. The lowest BCUT2D eigenvalue weighted by atomic mass is 10.1. The number of amides is 2. The number of carbonyl (C=O) groups is 2. The fourth-order valence-electron chi connectivity index (χ4n) is 2.03. The molecule has 9 heteroatoms. The minimum Gasteiger partial charge on any atom is -0.404 e. The molecule has 9 nitrogen and oxygen atoms in total. The van der Waals surface area contributed by atoms with Crippen LogP contribution in [0.5, 0.6) is 0 Å². The molecular weight excluding hydrogens is 322 g/mol. The maximum atomic E-state index is 12.4. The number of nitrogens with two attached hydrogens (primary N) is 2. The van der Waals surface area contributed by atoms with Crippen LogP contribution >= 0.6 is 0 Å². The monoisotopic (exact) mass is 357 g/mol. The van der Waals surface area contributed by atoms with Gasteiger partial charge in [-0.05, 0) is 32.9 Å². The van der Waals surface area contributed by atoms with Gasteiger partial charge in [0.25, 0.3) is 5.91 Å². The first-order valence-corrected chi connectivity index (χ1v) is 8.86. The quantitative estimate of drug-likeness (QED) is 0.111. The Morgan fingerprint density at radius 1 is 1.12 bits per heavy atom. The van der Waals surface area contributed by atoms with Gasteiger partial charge in [0.05, 0.1) is 24.4 Å². The molecule has 0 radical (unpaired) electrons. The number of hydrogen-bond acceptors (Lipinski definition) is 7. The van der Waals surface area contributed by atoms with Crippen molar-refractivity contribution in [1.82, 2.24) is 26.6 Å². The molecule has 0 fully saturated rings. The van der Waals surface area contributed by atoms with Gasteiger partial charge in [0.2, 0.25) is 5.91 Å². The Bertz CT molecular complexity index is 415. The highest BCUT2D eigenvalue weighted by atomic mass is 16.2. The molecule has 0 rings (SSSR count). The smallest absolute Gasteiger partial charge is 0.251 e. The summed E-state index contributed by atoms with van der Waals surface area (Å²) in [5.41, 5.74) is 12.0. The Morgan fingerprint density at radius 2 is 1.80 bits per heavy atom. The lowest BCUT2D eigenvalue weighted by molar-refractivity contribution is -0.120. The summed E-state index contributed by atoms with van der Waals surface area (Å²) in [5.74, 6) is -0.327. The summed E-state index contributed by atoms with van der Waals surface area (Å²) in [7, 11) is 1.71. The molecule has 0 aromatic rings. The van der Waals surface area contributed by atoms with Crippen molar-refractivity contribution < 1.29 is 9.59 Å². The number of hydrogen-bond donors (Lipinski definition) is 7. The molecule has 0 aliphatic carbocycles. The SMILES string of the molecule is CCCNC(NC(N)CC)/C(=C\N)C(=O)NCCCNC(=O)CNC. The molecule has 0 saturated carbocycles. The van der Waals surface area contributed by atoms with Crippen molar-refractivity contribution in [1.29, 1.82) is 0 Å². The van der Waals surface area contributed by atoms with Gasteiger partial charge in [-0.25, -0.2) is 0 Å². The van der Waals surface area contributed by atoms with Gasteiger partial charge in [0, 0.05) is 19.3 Å². The lowest BCUT2D eigenvalue weighted by Crippen LogP contribution is -2.54. The molecule has 9 N–H and O–H groups in total. The molecule has 25 heavy (non-hydrogen) atoms. The summed E-state index contributed by atoms with van der Waals surface area (Å²) in [6, 6.07) is 0. The summed E-state index contributed by atoms with van der Waals surface area (Å²) in [5, 5.41) is 14.7. The van der Waals surface area contributed by atoms with E-state index in [2.05, 4.69) is 26.6 Å². The highest BCUT2D eigenvalue weighted by molar-refractivity contribution is 5.94. The van der Waals surface area contributed by atoms with Crippen LogP contribution in [0.1, 0.15) is 33.1 Å². The number of carbonyl (C=O) groups excluding carboxylic acids is 2. The second-order valence-electron chi connectivity index (χ2n) is 5.68. The summed E-state index contributed by atoms with van der Waals surface area (Å²) >= 11 is 0. The molecule has 0 bridgehead atoms. The molecule has 0 aromatic carbocycles. The molecular formula is C16H35N7O2. The van der Waals surface area contributed by atoms with Gasteiger partial charge in [0.15, 0.2) is 0 Å². The Morgan fingerprint density at radius 3 is 2.36 bits per heavy atom. The van der Waals surface area contributed by atoms with Crippen molar-refractivity contribution in [3.8, 4) is 0 Å². The van der Waals surface area contributed by atoms with Crippen LogP contribution in [0.4, 0.5) is 0 Å². The van der Waals surface area contributed by atoms with Gasteiger partial charge < -0.3 is 27.4 Å². The molecule has 0 aromatic heterocycles. The molecule has 0 heterocycles. The maximum absolute atomic E-state index is 12.4. The molecule has 0 saturated heterocycles. The summed E-state index contributed by atoms with van der Waals surface area (Å²) < 4.78 is 0. The van der Waals surface area contributed by atoms with Gasteiger partial charge in [-0.1, -0.05) is 13.8 Å². The summed E-state index contributed by atoms with van der Waals surface area (Å²) in [4.78, 5) is 23.7. The minimum atomic E-state index is -0.407. The number of nitrogens with one attached hydrogen (secondary N) is 5. The normalized spacial score (nSPS) is 14.0. The van der Waals surface area contributed by atoms with Gasteiger partial charge in [-0.3, -0.25) is 20.2 Å². The van der Waals surface area contributed by atoms with Crippen LogP contribution < -0.4 is 38.1 Å². The second kappa shape index (κ2) is 14.6. The molecule has 2 atom stereocenters. The standard InChI is InChI=1S/C16H35N7O2/c1-4-7-21-15(23-13(18)5-2)12(10-17)16(25)22-9-6-8-20-14(24)11-19-3/h10,13,15,19,21,23H,4-9,11,17-18H2,1-3H3,(H,20,24)(H,22,25)/b12-10+. The second-order valence-corrected chi connectivity index (χ2v) is 5.68. The van der Waals surface area contributed by atoms with Crippen LogP contribution in [-0.2, 0) is 9.59 Å². The van der Waals surface area contributed by atoms with Crippen LogP contribution in [0.15, 0.2) is 11.8 Å². The zero-order chi connectivity index (χ0) is 19.1. The van der Waals surface area contributed by atoms with E-state index in [0.29, 0.717) is 25.1 Å². The van der Waals surface area contributed by atoms with Gasteiger partial charge in [-0.2, -0.15) is 0 Å². The first-order valence-electron chi connectivity index (χ1n) is 8.86. The molecule has 146 valence electrons. The van der Waals surface area contributed by atoms with Crippen molar-refractivity contribution >= 4 is 11.8 Å². The van der Waals surface area contributed by atoms with E-state index in [1.165, 1.54) is 6.20 Å². The van der Waals surface area contributed by atoms with Crippen molar-refractivity contribution in [3.05, 3.63) is 11.8 Å². The molecule has 0 aliphatic rings. The van der Waals surface area contributed by atoms with E-state index in [1.807, 2.05) is 13.8 Å². The Kier molecular flexibility index (Phi) is 13.7. The predicted octanol–water partition coefficient (Wildman–Crippen LogP) is -1.72. The maximum Gasteiger partial charge on any atom is 0.251 e. The topological polar surface area (TPSA) is 146 Å². The van der Waals surface area contributed by atoms with Crippen LogP contribution in [0.2, 0.25) is 0 Å². The first kappa shape index (κ1) is 23.3. The number of likely N-dealkylation sites (N-methyl/N-ethyl adjacent to an activating group) is 1. The fraction of sp³-hybridized carbons (Fsp3) is 0.750. The van der Waals surface area contributed by atoms with E-state index in [-0.39, 0.29) is 24.5 Å². The van der Waals surface area contributed by atoms with Crippen LogP contribution in [0, 0.1) is 0 Å². The molecule has 2 unspecified atom stereocenters. The highest BCUT2D eigenvalue weighted by Gasteiger charge is 2.21. The van der Waals surface area contributed by atoms with Crippen LogP contribution in [-0.4, -0.2) is 57.4 Å². The Hall–Kier alpha value is -1.68. The van der Waals surface area contributed by atoms with Gasteiger partial charge >= 0.3 is 0 Å². The molecule has 0 aliphatic heterocycles. The Labute approximate surface area is 150 Å². The largest absolute Gasteiger partial charge is 0.404 e. The third kappa shape index (κ3) is 10.7.